The molecule has 5 nitrogen and oxygen atoms in total. The number of hydrogen-bond acceptors (Lipinski definition) is 5. The molecule has 0 spiro atoms. The maximum Gasteiger partial charge on any atom is -0.438 e. The molecule has 0 bridgehead atoms. The molecular formula is C4H11O5PV. The monoisotopic (exact) mass is 221 g/mol. The van der Waals surface area contributed by atoms with E-state index in [2.05, 4.69) is 0 Å². The molecule has 2 N–H and O–H groups in total. The van der Waals surface area contributed by atoms with E-state index in [1.54, 1.807) is 0 Å². The van der Waals surface area contributed by atoms with Gasteiger partial charge < -0.3 is 23.3 Å². The van der Waals surface area contributed by atoms with Crippen molar-refractivity contribution in [1.29, 1.82) is 0 Å². The molecule has 0 saturated heterocycles. The molecule has 0 aliphatic carbocycles. The summed E-state index contributed by atoms with van der Waals surface area (Å²) in [5, 5.41) is 0.656. The summed E-state index contributed by atoms with van der Waals surface area (Å²) in [6, 6.07) is 0. The van der Waals surface area contributed by atoms with Gasteiger partial charge in [0.05, 0.1) is 0 Å². The molecular weight excluding hydrogens is 210 g/mol. The van der Waals surface area contributed by atoms with Crippen molar-refractivity contribution in [3.63, 3.8) is 0 Å². The van der Waals surface area contributed by atoms with Gasteiger partial charge in [-0.25, -0.2) is 0 Å². The van der Waals surface area contributed by atoms with Crippen molar-refractivity contribution < 1.29 is 38.6 Å². The van der Waals surface area contributed by atoms with Crippen molar-refractivity contribution in [3.05, 3.63) is 0 Å². The minimum absolute atomic E-state index is 0.656. The predicted octanol–water partition coefficient (Wildman–Crippen LogP) is -2.07. The molecule has 0 heterocycles. The average Bonchev–Trinajstić information content (AvgIpc) is 1.82. The van der Waals surface area contributed by atoms with Gasteiger partial charge in [0.15, 0.2) is 0 Å². The second kappa shape index (κ2) is 10.8. The van der Waals surface area contributed by atoms with Crippen LogP contribution in [0, 0.1) is 0 Å². The average molecular weight is 221 g/mol. The summed E-state index contributed by atoms with van der Waals surface area (Å²) in [5.74, 6) is 0. The van der Waals surface area contributed by atoms with Gasteiger partial charge in [0.25, 0.3) is 0 Å². The van der Waals surface area contributed by atoms with Crippen LogP contribution in [0.5, 0.6) is 0 Å². The van der Waals surface area contributed by atoms with Crippen LogP contribution >= 0.6 is 8.60 Å². The van der Waals surface area contributed by atoms with Gasteiger partial charge in [-0.05, 0) is 0 Å². The molecule has 0 rings (SSSR count). The van der Waals surface area contributed by atoms with E-state index in [1.165, 1.54) is 0 Å². The quantitative estimate of drug-likeness (QED) is 0.532. The van der Waals surface area contributed by atoms with Gasteiger partial charge >= 0.3 is 48.8 Å². The molecule has 0 amide bonds. The fourth-order valence-corrected chi connectivity index (χ4v) is 1.24. The van der Waals surface area contributed by atoms with Gasteiger partial charge in [-0.3, -0.25) is 0 Å². The maximum absolute atomic E-state index is 8.48. The fourth-order valence-electron chi connectivity index (χ4n) is 0.300. The van der Waals surface area contributed by atoms with Crippen molar-refractivity contribution in [2.24, 2.45) is 0 Å². The summed E-state index contributed by atoms with van der Waals surface area (Å²) in [5.41, 5.74) is 0. The van der Waals surface area contributed by atoms with Crippen LogP contribution in [0.4, 0.5) is 0 Å². The summed E-state index contributed by atoms with van der Waals surface area (Å²) in [6.45, 7) is 2.04. The van der Waals surface area contributed by atoms with E-state index in [0.29, 0.717) is 5.13 Å². The van der Waals surface area contributed by atoms with Gasteiger partial charge in [-0.1, -0.05) is 0 Å². The number of rotatable bonds is 3. The Hall–Kier alpha value is 0.814. The third kappa shape index (κ3) is 36.2. The van der Waals surface area contributed by atoms with E-state index in [-0.39, 0.29) is 0 Å². The Kier molecular flexibility index (Phi) is 14.1. The summed E-state index contributed by atoms with van der Waals surface area (Å²) in [7, 11) is -3.37. The first-order valence-corrected chi connectivity index (χ1v) is 6.30. The Labute approximate surface area is 72.6 Å². The van der Waals surface area contributed by atoms with Crippen LogP contribution in [0.3, 0.4) is 0 Å². The normalized spacial score (nSPS) is 9.00. The van der Waals surface area contributed by atoms with Gasteiger partial charge in [0.1, 0.15) is 0 Å². The van der Waals surface area contributed by atoms with E-state index in [4.69, 9.17) is 22.7 Å². The van der Waals surface area contributed by atoms with Crippen molar-refractivity contribution in [1.82, 2.24) is 0 Å². The number of hydrogen-bond donors (Lipinski definition) is 2. The topological polar surface area (TPSA) is 110 Å². The van der Waals surface area contributed by atoms with Gasteiger partial charge in [-0.15, -0.1) is 0 Å². The second-order valence-corrected chi connectivity index (χ2v) is 3.98. The van der Waals surface area contributed by atoms with Crippen LogP contribution in [0.2, 0.25) is 5.13 Å². The molecule has 11 heavy (non-hydrogen) atoms. The van der Waals surface area contributed by atoms with Crippen LogP contribution in [0.25, 0.3) is 0 Å². The van der Waals surface area contributed by atoms with Crippen molar-refractivity contribution in [2.45, 2.75) is 24.9 Å². The summed E-state index contributed by atoms with van der Waals surface area (Å²) in [6.07, 6.45) is 2.03. The molecule has 0 radical (unpaired) electrons. The van der Waals surface area contributed by atoms with Crippen molar-refractivity contribution >= 4 is 8.60 Å². The first-order valence-electron chi connectivity index (χ1n) is 2.97. The Morgan fingerprint density at radius 3 is 1.73 bits per heavy atom. The predicted molar refractivity (Wildman–Crippen MR) is 31.1 cm³/mol. The van der Waals surface area contributed by atoms with Crippen molar-refractivity contribution in [3.8, 4) is 0 Å². The van der Waals surface area contributed by atoms with Crippen LogP contribution in [0.1, 0.15) is 19.8 Å². The zero-order valence-corrected chi connectivity index (χ0v) is 8.43. The van der Waals surface area contributed by atoms with Crippen molar-refractivity contribution in [2.75, 3.05) is 0 Å². The Bertz CT molecular complexity index is 68.7. The minimum atomic E-state index is -3.37. The molecule has 0 aromatic rings. The molecule has 0 aromatic heterocycles. The van der Waals surface area contributed by atoms with Gasteiger partial charge in [0, 0.05) is 0 Å². The first kappa shape index (κ1) is 14.3. The molecule has 0 aliphatic rings. The SMILES string of the molecule is CCC[CH2][V+3]([OH])[OH].[O-]P([O-])[O-]. The van der Waals surface area contributed by atoms with Gasteiger partial charge in [-0.2, -0.15) is 0 Å². The van der Waals surface area contributed by atoms with E-state index in [1.807, 2.05) is 6.92 Å². The van der Waals surface area contributed by atoms with E-state index >= 15 is 0 Å². The molecule has 67 valence electrons. The zero-order valence-electron chi connectivity index (χ0n) is 6.13. The molecule has 0 aromatic carbocycles. The number of unbranched alkanes of at least 4 members (excludes halogenated alkanes) is 1. The summed E-state index contributed by atoms with van der Waals surface area (Å²) in [4.78, 5) is 25.4. The Balaban J connectivity index is 0. The van der Waals surface area contributed by atoms with Crippen LogP contribution in [-0.2, 0) is 15.9 Å². The smallest absolute Gasteiger partial charge is 0.438 e. The standard InChI is InChI=1S/C4H9.O3P.2H2O.V/c1-3-4-2;1-4(2)3;;;/h1,3-4H2,2H3;;2*1H2;/q;-3;;;+5/p-2. The zero-order chi connectivity index (χ0) is 9.28. The Morgan fingerprint density at radius 2 is 1.64 bits per heavy atom. The van der Waals surface area contributed by atoms with Gasteiger partial charge in [0.2, 0.25) is 0 Å². The largest absolute Gasteiger partial charge is 0.854 e. The molecule has 0 atom stereocenters. The van der Waals surface area contributed by atoms with Crippen LogP contribution in [0.15, 0.2) is 0 Å². The summed E-state index contributed by atoms with van der Waals surface area (Å²) < 4.78 is 16.8. The third-order valence-electron chi connectivity index (χ3n) is 0.712. The molecule has 0 unspecified atom stereocenters. The minimum Gasteiger partial charge on any atom is -0.854 e. The third-order valence-corrected chi connectivity index (χ3v) is 1.83. The molecule has 0 saturated carbocycles. The second-order valence-electron chi connectivity index (χ2n) is 1.67. The van der Waals surface area contributed by atoms with E-state index in [0.717, 1.165) is 12.8 Å². The van der Waals surface area contributed by atoms with E-state index in [9.17, 15) is 0 Å². The van der Waals surface area contributed by atoms with Crippen LogP contribution in [-0.4, -0.2) is 8.06 Å². The first-order chi connectivity index (χ1) is 5.00. The maximum atomic E-state index is 8.48. The summed E-state index contributed by atoms with van der Waals surface area (Å²) >= 11 is -2.24. The Morgan fingerprint density at radius 1 is 1.27 bits per heavy atom. The molecule has 0 aliphatic heterocycles. The molecule has 0 fully saturated rings. The van der Waals surface area contributed by atoms with E-state index < -0.39 is 24.5 Å². The molecule has 7 heteroatoms. The van der Waals surface area contributed by atoms with Crippen LogP contribution < -0.4 is 14.7 Å². The fraction of sp³-hybridized carbons (Fsp3) is 1.00.